The summed E-state index contributed by atoms with van der Waals surface area (Å²) in [5, 5.41) is 15.6. The molecule has 2 unspecified atom stereocenters. The second kappa shape index (κ2) is 11.1. The molecule has 1 aliphatic heterocycles. The van der Waals surface area contributed by atoms with Gasteiger partial charge in [-0.1, -0.05) is 6.07 Å². The Morgan fingerprint density at radius 3 is 2.86 bits per heavy atom. The molecule has 0 saturated carbocycles. The number of nitrogens with zero attached hydrogens (tertiary/aromatic N) is 1. The third kappa shape index (κ3) is 7.33. The Balaban J connectivity index is 0.00000200. The van der Waals surface area contributed by atoms with E-state index in [-0.39, 0.29) is 42.7 Å². The maximum Gasteiger partial charge on any atom is 0.230 e. The van der Waals surface area contributed by atoms with Crippen molar-refractivity contribution >= 4 is 42.5 Å². The molecule has 120 valence electrons. The number of thioether (sulfide) groups is 1. The van der Waals surface area contributed by atoms with Crippen molar-refractivity contribution in [2.24, 2.45) is 5.92 Å². The molecule has 1 fully saturated rings. The highest BCUT2D eigenvalue weighted by molar-refractivity contribution is 7.99. The van der Waals surface area contributed by atoms with Crippen molar-refractivity contribution in [2.45, 2.75) is 11.9 Å². The quantitative estimate of drug-likeness (QED) is 0.707. The Bertz CT molecular complexity index is 412. The monoisotopic (exact) mass is 353 g/mol. The molecule has 0 bridgehead atoms. The van der Waals surface area contributed by atoms with Gasteiger partial charge < -0.3 is 15.7 Å². The molecule has 5 nitrogen and oxygen atoms in total. The number of aliphatic hydroxyl groups is 1. The standard InChI is InChI=1S/C13H19N3O2S.2ClH/c17-12-7-14-5-10(12)6-16-13(18)9-19-8-11-3-1-2-4-15-11;;/h1-4,10,12,14,17H,5-9H2,(H,16,18);2*1H. The Kier molecular flexibility index (Phi) is 10.8. The van der Waals surface area contributed by atoms with Crippen LogP contribution in [0, 0.1) is 5.92 Å². The number of hydrogen-bond acceptors (Lipinski definition) is 5. The summed E-state index contributed by atoms with van der Waals surface area (Å²) < 4.78 is 0. The number of halogens is 2. The summed E-state index contributed by atoms with van der Waals surface area (Å²) >= 11 is 1.55. The lowest BCUT2D eigenvalue weighted by atomic mass is 10.1. The zero-order valence-electron chi connectivity index (χ0n) is 11.5. The third-order valence-corrected chi connectivity index (χ3v) is 4.04. The summed E-state index contributed by atoms with van der Waals surface area (Å²) in [4.78, 5) is 15.8. The fourth-order valence-electron chi connectivity index (χ4n) is 1.96. The summed E-state index contributed by atoms with van der Waals surface area (Å²) in [6.45, 7) is 1.93. The number of rotatable bonds is 6. The van der Waals surface area contributed by atoms with Gasteiger partial charge in [-0.3, -0.25) is 9.78 Å². The minimum atomic E-state index is -0.346. The van der Waals surface area contributed by atoms with Crippen molar-refractivity contribution in [3.63, 3.8) is 0 Å². The van der Waals surface area contributed by atoms with Crippen LogP contribution in [0.5, 0.6) is 0 Å². The van der Waals surface area contributed by atoms with Gasteiger partial charge in [0.25, 0.3) is 0 Å². The predicted molar refractivity (Wildman–Crippen MR) is 90.3 cm³/mol. The van der Waals surface area contributed by atoms with Crippen LogP contribution in [0.25, 0.3) is 0 Å². The first-order valence-electron chi connectivity index (χ1n) is 6.39. The second-order valence-electron chi connectivity index (χ2n) is 4.60. The molecule has 1 saturated heterocycles. The summed E-state index contributed by atoms with van der Waals surface area (Å²) in [5.41, 5.74) is 0.982. The average molecular weight is 354 g/mol. The average Bonchev–Trinajstić information content (AvgIpc) is 2.83. The van der Waals surface area contributed by atoms with Crippen LogP contribution in [0.2, 0.25) is 0 Å². The minimum Gasteiger partial charge on any atom is -0.391 e. The highest BCUT2D eigenvalue weighted by Crippen LogP contribution is 2.10. The second-order valence-corrected chi connectivity index (χ2v) is 5.59. The molecule has 0 spiro atoms. The van der Waals surface area contributed by atoms with Gasteiger partial charge >= 0.3 is 0 Å². The zero-order chi connectivity index (χ0) is 13.5. The first-order valence-corrected chi connectivity index (χ1v) is 7.54. The summed E-state index contributed by atoms with van der Waals surface area (Å²) in [7, 11) is 0. The molecule has 0 aromatic carbocycles. The molecular formula is C13H21Cl2N3O2S. The molecule has 21 heavy (non-hydrogen) atoms. The van der Waals surface area contributed by atoms with E-state index in [0.717, 1.165) is 18.0 Å². The van der Waals surface area contributed by atoms with Gasteiger partial charge in [0.05, 0.1) is 17.6 Å². The van der Waals surface area contributed by atoms with Gasteiger partial charge in [-0.05, 0) is 12.1 Å². The van der Waals surface area contributed by atoms with Crippen LogP contribution in [-0.2, 0) is 10.5 Å². The lowest BCUT2D eigenvalue weighted by molar-refractivity contribution is -0.118. The number of β-amino-alcohol motifs (C(OH)–C–C–N with tert-alkyl or cyclic N) is 1. The molecule has 2 rings (SSSR count). The first-order chi connectivity index (χ1) is 9.25. The summed E-state index contributed by atoms with van der Waals surface area (Å²) in [6.07, 6.45) is 1.41. The largest absolute Gasteiger partial charge is 0.391 e. The highest BCUT2D eigenvalue weighted by atomic mass is 35.5. The molecule has 2 heterocycles. The number of hydrogen-bond donors (Lipinski definition) is 3. The third-order valence-electron chi connectivity index (χ3n) is 3.07. The first kappa shape index (κ1) is 20.5. The van der Waals surface area contributed by atoms with E-state index in [1.54, 1.807) is 18.0 Å². The fourth-order valence-corrected chi connectivity index (χ4v) is 2.72. The van der Waals surface area contributed by atoms with Crippen molar-refractivity contribution in [1.82, 2.24) is 15.6 Å². The molecule has 1 aromatic heterocycles. The SMILES string of the molecule is Cl.Cl.O=C(CSCc1ccccn1)NCC1CNCC1O. The van der Waals surface area contributed by atoms with Crippen LogP contribution >= 0.6 is 36.6 Å². The van der Waals surface area contributed by atoms with Crippen LogP contribution in [-0.4, -0.2) is 47.5 Å². The normalized spacial score (nSPS) is 20.2. The Morgan fingerprint density at radius 1 is 1.43 bits per heavy atom. The van der Waals surface area contributed by atoms with Gasteiger partial charge in [0.2, 0.25) is 5.91 Å². The minimum absolute atomic E-state index is 0. The molecule has 1 aromatic rings. The van der Waals surface area contributed by atoms with Crippen LogP contribution in [0.3, 0.4) is 0 Å². The van der Waals surface area contributed by atoms with Gasteiger partial charge in [-0.2, -0.15) is 0 Å². The van der Waals surface area contributed by atoms with E-state index < -0.39 is 0 Å². The molecule has 1 amide bonds. The van der Waals surface area contributed by atoms with Crippen LogP contribution in [0.1, 0.15) is 5.69 Å². The topological polar surface area (TPSA) is 74.2 Å². The van der Waals surface area contributed by atoms with E-state index in [2.05, 4.69) is 15.6 Å². The smallest absolute Gasteiger partial charge is 0.230 e. The maximum absolute atomic E-state index is 11.6. The van der Waals surface area contributed by atoms with Gasteiger partial charge in [0.15, 0.2) is 0 Å². The van der Waals surface area contributed by atoms with Gasteiger partial charge in [-0.15, -0.1) is 36.6 Å². The Hall–Kier alpha value is -0.530. The Labute approximate surface area is 141 Å². The van der Waals surface area contributed by atoms with Gasteiger partial charge in [0.1, 0.15) is 0 Å². The van der Waals surface area contributed by atoms with E-state index in [4.69, 9.17) is 0 Å². The molecule has 0 aliphatic carbocycles. The van der Waals surface area contributed by atoms with E-state index in [1.807, 2.05) is 18.2 Å². The van der Waals surface area contributed by atoms with Crippen molar-refractivity contribution in [1.29, 1.82) is 0 Å². The molecule has 1 aliphatic rings. The van der Waals surface area contributed by atoms with Crippen molar-refractivity contribution in [2.75, 3.05) is 25.4 Å². The van der Waals surface area contributed by atoms with Crippen LogP contribution < -0.4 is 10.6 Å². The number of aliphatic hydroxyl groups excluding tert-OH is 1. The number of aromatic nitrogens is 1. The van der Waals surface area contributed by atoms with E-state index in [1.165, 1.54) is 0 Å². The lowest BCUT2D eigenvalue weighted by Crippen LogP contribution is -2.35. The van der Waals surface area contributed by atoms with E-state index in [9.17, 15) is 9.90 Å². The predicted octanol–water partition coefficient (Wildman–Crippen LogP) is 0.855. The number of pyridine rings is 1. The summed E-state index contributed by atoms with van der Waals surface area (Å²) in [6, 6.07) is 5.77. The number of nitrogens with one attached hydrogen (secondary N) is 2. The highest BCUT2D eigenvalue weighted by Gasteiger charge is 2.24. The molecule has 2 atom stereocenters. The fraction of sp³-hybridized carbons (Fsp3) is 0.538. The summed E-state index contributed by atoms with van der Waals surface area (Å²) in [5.74, 6) is 1.30. The van der Waals surface area contributed by atoms with E-state index >= 15 is 0 Å². The van der Waals surface area contributed by atoms with Gasteiger partial charge in [-0.25, -0.2) is 0 Å². The Morgan fingerprint density at radius 2 is 2.24 bits per heavy atom. The number of amides is 1. The lowest BCUT2D eigenvalue weighted by Gasteiger charge is -2.13. The molecule has 8 heteroatoms. The van der Waals surface area contributed by atoms with Crippen LogP contribution in [0.4, 0.5) is 0 Å². The van der Waals surface area contributed by atoms with E-state index in [0.29, 0.717) is 18.8 Å². The van der Waals surface area contributed by atoms with Crippen molar-refractivity contribution in [3.05, 3.63) is 30.1 Å². The number of carbonyl (C=O) groups is 1. The molecule has 0 radical (unpaired) electrons. The maximum atomic E-state index is 11.6. The molecular weight excluding hydrogens is 333 g/mol. The van der Waals surface area contributed by atoms with Crippen molar-refractivity contribution in [3.8, 4) is 0 Å². The van der Waals surface area contributed by atoms with Crippen LogP contribution in [0.15, 0.2) is 24.4 Å². The number of carbonyl (C=O) groups excluding carboxylic acids is 1. The zero-order valence-corrected chi connectivity index (χ0v) is 14.0. The van der Waals surface area contributed by atoms with Crippen molar-refractivity contribution < 1.29 is 9.90 Å². The van der Waals surface area contributed by atoms with Gasteiger partial charge in [0, 0.05) is 37.5 Å². The molecule has 3 N–H and O–H groups in total.